The van der Waals surface area contributed by atoms with Crippen LogP contribution in [0.2, 0.25) is 0 Å². The molecule has 28 heavy (non-hydrogen) atoms. The first-order valence-corrected chi connectivity index (χ1v) is 11.2. The van der Waals surface area contributed by atoms with Crippen LogP contribution in [0.25, 0.3) is 0 Å². The molecule has 0 bridgehead atoms. The first kappa shape index (κ1) is 38.4. The summed E-state index contributed by atoms with van der Waals surface area (Å²) in [6, 6.07) is 1.03. The van der Waals surface area contributed by atoms with Gasteiger partial charge in [0.2, 0.25) is 7.37 Å². The molecule has 13 nitrogen and oxygen atoms in total. The predicted octanol–water partition coefficient (Wildman–Crippen LogP) is -15.5. The molecular formula is C8H11N2Na4O11P3. The molecule has 1 atom stereocenters. The van der Waals surface area contributed by atoms with Crippen molar-refractivity contribution >= 4 is 22.8 Å². The zero-order valence-electron chi connectivity index (χ0n) is 15.8. The summed E-state index contributed by atoms with van der Waals surface area (Å²) in [5.41, 5.74) is -1.42. The summed E-state index contributed by atoms with van der Waals surface area (Å²) in [4.78, 5) is 66.5. The Morgan fingerprint density at radius 3 is 1.96 bits per heavy atom. The van der Waals surface area contributed by atoms with Crippen LogP contribution in [0.15, 0.2) is 21.9 Å². The maximum atomic E-state index is 12.0. The Morgan fingerprint density at radius 1 is 1.00 bits per heavy atom. The fraction of sp³-hybridized carbons (Fsp3) is 0.500. The summed E-state index contributed by atoms with van der Waals surface area (Å²) in [5, 5.41) is 0. The summed E-state index contributed by atoms with van der Waals surface area (Å²) in [7, 11) is -16.0. The second-order valence-electron chi connectivity index (χ2n) is 4.44. The number of H-pyrrole nitrogens is 1. The van der Waals surface area contributed by atoms with Crippen molar-refractivity contribution in [2.24, 2.45) is 0 Å². The molecule has 1 aromatic heterocycles. The number of aromatic nitrogens is 2. The van der Waals surface area contributed by atoms with Crippen LogP contribution < -0.4 is 149 Å². The predicted molar refractivity (Wildman–Crippen MR) is 70.9 cm³/mol. The molecule has 1 N–H and O–H groups in total. The number of nitrogens with one attached hydrogen (secondary N) is 1. The third kappa shape index (κ3) is 17.7. The van der Waals surface area contributed by atoms with Gasteiger partial charge in [0.1, 0.15) is 6.35 Å². The zero-order chi connectivity index (χ0) is 18.6. The van der Waals surface area contributed by atoms with E-state index in [9.17, 15) is 42.9 Å². The molecule has 0 aliphatic rings. The largest absolute Gasteiger partial charge is 1.00 e. The normalized spacial score (nSPS) is 13.0. The number of hydrogen-bond acceptors (Lipinski definition) is 11. The van der Waals surface area contributed by atoms with E-state index in [4.69, 9.17) is 4.74 Å². The fourth-order valence-corrected chi connectivity index (χ4v) is 6.69. The van der Waals surface area contributed by atoms with Crippen molar-refractivity contribution in [2.75, 3.05) is 18.9 Å². The molecule has 0 aliphatic carbocycles. The fourth-order valence-electron chi connectivity index (χ4n) is 1.52. The van der Waals surface area contributed by atoms with E-state index in [0.717, 1.165) is 16.8 Å². The Labute approximate surface area is 247 Å². The van der Waals surface area contributed by atoms with Crippen LogP contribution >= 0.6 is 22.8 Å². The number of hydrogen-bond donors (Lipinski definition) is 1. The van der Waals surface area contributed by atoms with Gasteiger partial charge in [0.15, 0.2) is 0 Å². The summed E-state index contributed by atoms with van der Waals surface area (Å²) in [6.45, 7) is -0.572. The Bertz CT molecular complexity index is 806. The van der Waals surface area contributed by atoms with Gasteiger partial charge < -0.3 is 33.4 Å². The molecule has 1 rings (SSSR count). The first-order chi connectivity index (χ1) is 10.8. The minimum Gasteiger partial charge on any atom is -0.810 e. The van der Waals surface area contributed by atoms with Crippen molar-refractivity contribution in [1.82, 2.24) is 9.55 Å². The molecule has 0 spiro atoms. The Morgan fingerprint density at radius 2 is 1.54 bits per heavy atom. The number of aromatic amines is 1. The summed E-state index contributed by atoms with van der Waals surface area (Å²) < 4.78 is 42.5. The van der Waals surface area contributed by atoms with Gasteiger partial charge in [-0.3, -0.25) is 23.2 Å². The van der Waals surface area contributed by atoms with Crippen LogP contribution in [0.5, 0.6) is 0 Å². The second kappa shape index (κ2) is 16.7. The van der Waals surface area contributed by atoms with E-state index in [-0.39, 0.29) is 131 Å². The quantitative estimate of drug-likeness (QED) is 0.192. The van der Waals surface area contributed by atoms with Crippen LogP contribution in [0.4, 0.5) is 0 Å². The minimum absolute atomic E-state index is 0. The maximum Gasteiger partial charge on any atom is 1.00 e. The van der Waals surface area contributed by atoms with Gasteiger partial charge in [-0.25, -0.2) is 4.79 Å². The third-order valence-corrected chi connectivity index (χ3v) is 7.97. The standard InChI is InChI=1S/C8H15N2O11P3.4Na/c11-7-1-2-10(8(12)9-7)3-4-20-5-22(13,6-23(14,15)16)21-24(17,18)19;;;;/h1-2H,3-6H2,(H,9,11,12)(H2,14,15,16)(H2,17,18,19);;;;/q;4*+1/p-4. The average molecular weight is 496 g/mol. The van der Waals surface area contributed by atoms with E-state index in [2.05, 4.69) is 4.31 Å². The first-order valence-electron chi connectivity index (χ1n) is 6.00. The van der Waals surface area contributed by atoms with Crippen LogP contribution in [0, 0.1) is 0 Å². The zero-order valence-corrected chi connectivity index (χ0v) is 26.4. The molecule has 0 fully saturated rings. The van der Waals surface area contributed by atoms with Crippen LogP contribution in [0.3, 0.4) is 0 Å². The van der Waals surface area contributed by atoms with E-state index < -0.39 is 46.3 Å². The number of rotatable bonds is 9. The van der Waals surface area contributed by atoms with Crippen molar-refractivity contribution in [2.45, 2.75) is 6.54 Å². The third-order valence-electron chi connectivity index (χ3n) is 2.30. The van der Waals surface area contributed by atoms with Gasteiger partial charge in [-0.2, -0.15) is 0 Å². The van der Waals surface area contributed by atoms with Crippen molar-refractivity contribution in [1.29, 1.82) is 0 Å². The van der Waals surface area contributed by atoms with Gasteiger partial charge in [0, 0.05) is 12.3 Å². The molecule has 138 valence electrons. The second-order valence-corrected chi connectivity index (χ2v) is 10.2. The molecule has 0 aliphatic heterocycles. The Balaban J connectivity index is -0.000000720. The van der Waals surface area contributed by atoms with Gasteiger partial charge in [-0.05, 0) is 0 Å². The molecule has 0 saturated carbocycles. The van der Waals surface area contributed by atoms with Crippen LogP contribution in [0.1, 0.15) is 0 Å². The van der Waals surface area contributed by atoms with Crippen molar-refractivity contribution in [3.8, 4) is 0 Å². The summed E-state index contributed by atoms with van der Waals surface area (Å²) in [5.74, 6) is -1.72. The number of ether oxygens (including phenoxy) is 1. The van der Waals surface area contributed by atoms with Crippen molar-refractivity contribution in [3.05, 3.63) is 33.1 Å². The van der Waals surface area contributed by atoms with Gasteiger partial charge in [0.25, 0.3) is 5.56 Å². The number of phosphoric acid groups is 1. The smallest absolute Gasteiger partial charge is 0.810 e. The molecule has 0 aromatic carbocycles. The minimum atomic E-state index is -5.83. The van der Waals surface area contributed by atoms with E-state index in [1.54, 1.807) is 0 Å². The number of nitrogens with zero attached hydrogens (tertiary/aromatic N) is 1. The molecule has 0 saturated heterocycles. The Kier molecular flexibility index (Phi) is 22.9. The molecule has 1 unspecified atom stereocenters. The van der Waals surface area contributed by atoms with Crippen molar-refractivity contribution < 1.29 is 161 Å². The van der Waals surface area contributed by atoms with Gasteiger partial charge in [-0.15, -0.1) is 0 Å². The van der Waals surface area contributed by atoms with Gasteiger partial charge >= 0.3 is 124 Å². The van der Waals surface area contributed by atoms with E-state index in [1.165, 1.54) is 0 Å². The average Bonchev–Trinajstić information content (AvgIpc) is 2.31. The SMILES string of the molecule is O=c1ccn(CCOCP(=O)(CP(=O)([O-])[O-])OP(=O)([O-])[O-])c(=O)[nH]1.[Na+].[Na+].[Na+].[Na+]. The molecular weight excluding hydrogens is 485 g/mol. The van der Waals surface area contributed by atoms with E-state index in [1.807, 2.05) is 4.98 Å². The van der Waals surface area contributed by atoms with E-state index in [0.29, 0.717) is 0 Å². The topological polar surface area (TPSA) is 217 Å². The molecule has 20 heteroatoms. The Hall–Kier alpha value is 3.13. The summed E-state index contributed by atoms with van der Waals surface area (Å²) in [6.07, 6.45) is -0.0262. The van der Waals surface area contributed by atoms with Gasteiger partial charge in [-0.1, -0.05) is 7.60 Å². The molecule has 1 aromatic rings. The molecule has 0 amide bonds. The maximum absolute atomic E-state index is 12.0. The van der Waals surface area contributed by atoms with Crippen molar-refractivity contribution in [3.63, 3.8) is 0 Å². The van der Waals surface area contributed by atoms with E-state index >= 15 is 0 Å². The molecule has 1 heterocycles. The monoisotopic (exact) mass is 496 g/mol. The molecule has 0 radical (unpaired) electrons. The van der Waals surface area contributed by atoms with Crippen LogP contribution in [-0.2, 0) is 29.3 Å². The van der Waals surface area contributed by atoms with Gasteiger partial charge in [0.05, 0.1) is 26.9 Å². The van der Waals surface area contributed by atoms with Crippen LogP contribution in [-0.4, -0.2) is 28.4 Å². The summed E-state index contributed by atoms with van der Waals surface area (Å²) >= 11 is 0.